The number of hydrogen-bond donors (Lipinski definition) is 2. The predicted octanol–water partition coefficient (Wildman–Crippen LogP) is 2.10. The van der Waals surface area contributed by atoms with Crippen LogP contribution in [0.3, 0.4) is 0 Å². The number of para-hydroxylation sites is 1. The van der Waals surface area contributed by atoms with Crippen molar-refractivity contribution in [3.05, 3.63) is 58.4 Å². The van der Waals surface area contributed by atoms with Gasteiger partial charge < -0.3 is 14.7 Å². The van der Waals surface area contributed by atoms with Gasteiger partial charge in [0.25, 0.3) is 11.5 Å². The summed E-state index contributed by atoms with van der Waals surface area (Å²) in [4.78, 5) is 16.3. The van der Waals surface area contributed by atoms with Crippen LogP contribution in [0.5, 0.6) is 11.5 Å². The first kappa shape index (κ1) is 16.3. The topological polar surface area (TPSA) is 98.0 Å². The van der Waals surface area contributed by atoms with E-state index < -0.39 is 5.56 Å². The first-order valence-corrected chi connectivity index (χ1v) is 7.36. The molecule has 3 rings (SSSR count). The zero-order valence-corrected chi connectivity index (χ0v) is 13.6. The Morgan fingerprint density at radius 1 is 1.16 bits per heavy atom. The maximum absolute atomic E-state index is 12.1. The van der Waals surface area contributed by atoms with E-state index in [1.165, 1.54) is 6.21 Å². The van der Waals surface area contributed by atoms with Crippen LogP contribution in [0, 0.1) is 0 Å². The van der Waals surface area contributed by atoms with Crippen molar-refractivity contribution in [3.8, 4) is 11.5 Å². The molecule has 0 spiro atoms. The smallest absolute Gasteiger partial charge is 0.295 e. The Hall–Kier alpha value is -3.55. The Bertz CT molecular complexity index is 998. The summed E-state index contributed by atoms with van der Waals surface area (Å²) in [5.74, 6) is 1.09. The Morgan fingerprint density at radius 3 is 2.68 bits per heavy atom. The maximum atomic E-state index is 12.1. The average molecular weight is 340 g/mol. The van der Waals surface area contributed by atoms with Crippen molar-refractivity contribution in [1.82, 2.24) is 9.71 Å². The minimum atomic E-state index is -0.575. The van der Waals surface area contributed by atoms with Crippen LogP contribution in [0.4, 0.5) is 5.95 Å². The van der Waals surface area contributed by atoms with Gasteiger partial charge >= 0.3 is 0 Å². The lowest BCUT2D eigenvalue weighted by Crippen LogP contribution is -2.22. The highest BCUT2D eigenvalue weighted by Gasteiger charge is 2.09. The summed E-state index contributed by atoms with van der Waals surface area (Å²) >= 11 is 0. The fourth-order valence-corrected chi connectivity index (χ4v) is 2.29. The van der Waals surface area contributed by atoms with Crippen molar-refractivity contribution in [2.45, 2.75) is 0 Å². The van der Waals surface area contributed by atoms with Gasteiger partial charge in [-0.1, -0.05) is 12.1 Å². The molecule has 25 heavy (non-hydrogen) atoms. The van der Waals surface area contributed by atoms with Crippen LogP contribution < -0.4 is 20.5 Å². The molecule has 0 aliphatic rings. The molecule has 0 unspecified atom stereocenters. The van der Waals surface area contributed by atoms with Gasteiger partial charge in [0.2, 0.25) is 0 Å². The molecule has 3 aromatic rings. The number of methoxy groups -OCH3 is 2. The molecule has 0 radical (unpaired) electrons. The monoisotopic (exact) mass is 340 g/mol. The number of nitrogens with one attached hydrogen (secondary N) is 1. The van der Waals surface area contributed by atoms with Crippen LogP contribution >= 0.6 is 0 Å². The molecule has 0 fully saturated rings. The second kappa shape index (κ2) is 6.91. The molecule has 8 nitrogen and oxygen atoms in total. The van der Waals surface area contributed by atoms with Crippen LogP contribution in [-0.4, -0.2) is 35.4 Å². The number of ether oxygens (including phenoxy) is 2. The summed E-state index contributed by atoms with van der Waals surface area (Å²) in [6.07, 6.45) is 1.50. The number of nitrogens with zero attached hydrogens (tertiary/aromatic N) is 3. The summed E-state index contributed by atoms with van der Waals surface area (Å²) in [6, 6.07) is 12.0. The molecular weight excluding hydrogens is 324 g/mol. The second-order valence-electron chi connectivity index (χ2n) is 5.05. The number of anilines is 1. The lowest BCUT2D eigenvalue weighted by molar-refractivity contribution is 0.179. The number of hydrazone groups is 1. The van der Waals surface area contributed by atoms with Gasteiger partial charge in [0.15, 0.2) is 11.5 Å². The molecule has 0 bridgehead atoms. The highest BCUT2D eigenvalue weighted by atomic mass is 16.5. The van der Waals surface area contributed by atoms with Crippen molar-refractivity contribution in [2.75, 3.05) is 19.6 Å². The number of benzene rings is 2. The van der Waals surface area contributed by atoms with E-state index in [9.17, 15) is 10.0 Å². The molecule has 0 saturated carbocycles. The molecule has 2 N–H and O–H groups in total. The van der Waals surface area contributed by atoms with Crippen LogP contribution in [0.25, 0.3) is 10.9 Å². The predicted molar refractivity (Wildman–Crippen MR) is 94.0 cm³/mol. The highest BCUT2D eigenvalue weighted by molar-refractivity contribution is 5.82. The molecule has 1 heterocycles. The van der Waals surface area contributed by atoms with E-state index in [0.29, 0.717) is 27.1 Å². The van der Waals surface area contributed by atoms with Gasteiger partial charge in [0.05, 0.1) is 31.3 Å². The van der Waals surface area contributed by atoms with Crippen molar-refractivity contribution in [3.63, 3.8) is 0 Å². The number of hydrogen-bond acceptors (Lipinski definition) is 7. The molecule has 1 aromatic heterocycles. The standard InChI is InChI=1S/C17H16N4O4/c1-24-14-8-7-11(9-15(14)25-2)10-18-20-17-19-13-6-4-3-5-12(13)16(22)21(17)23/h3-10,23H,1-2H3,(H,19,20). The maximum Gasteiger partial charge on any atom is 0.295 e. The third-order valence-corrected chi connectivity index (χ3v) is 3.54. The normalized spacial score (nSPS) is 11.0. The molecule has 0 amide bonds. The quantitative estimate of drug-likeness (QED) is 0.419. The van der Waals surface area contributed by atoms with E-state index in [4.69, 9.17) is 9.47 Å². The Balaban J connectivity index is 1.86. The first-order chi connectivity index (χ1) is 12.1. The number of fused-ring (bicyclic) bond motifs is 1. The van der Waals surface area contributed by atoms with E-state index in [2.05, 4.69) is 15.5 Å². The summed E-state index contributed by atoms with van der Waals surface area (Å²) in [7, 11) is 3.10. The van der Waals surface area contributed by atoms with Gasteiger partial charge in [-0.2, -0.15) is 5.10 Å². The molecule has 128 valence electrons. The summed E-state index contributed by atoms with van der Waals surface area (Å²) in [5, 5.41) is 14.2. The van der Waals surface area contributed by atoms with Crippen LogP contribution in [0.2, 0.25) is 0 Å². The highest BCUT2D eigenvalue weighted by Crippen LogP contribution is 2.26. The largest absolute Gasteiger partial charge is 0.493 e. The zero-order chi connectivity index (χ0) is 17.8. The van der Waals surface area contributed by atoms with E-state index in [1.54, 1.807) is 56.7 Å². The Labute approximate surface area is 142 Å². The molecule has 0 saturated heterocycles. The van der Waals surface area contributed by atoms with Gasteiger partial charge in [-0.25, -0.2) is 10.4 Å². The lowest BCUT2D eigenvalue weighted by Gasteiger charge is -2.08. The summed E-state index contributed by atoms with van der Waals surface area (Å²) in [5.41, 5.74) is 3.18. The molecule has 0 aliphatic carbocycles. The van der Waals surface area contributed by atoms with Crippen LogP contribution in [-0.2, 0) is 0 Å². The first-order valence-electron chi connectivity index (χ1n) is 7.36. The third-order valence-electron chi connectivity index (χ3n) is 3.54. The lowest BCUT2D eigenvalue weighted by atomic mass is 10.2. The minimum absolute atomic E-state index is 0.0829. The second-order valence-corrected chi connectivity index (χ2v) is 5.05. The van der Waals surface area contributed by atoms with Gasteiger partial charge in [-0.15, -0.1) is 4.73 Å². The Kier molecular flexibility index (Phi) is 4.51. The van der Waals surface area contributed by atoms with Crippen molar-refractivity contribution in [1.29, 1.82) is 0 Å². The number of aromatic nitrogens is 2. The SMILES string of the molecule is COc1ccc(C=NNc2nc3ccccc3c(=O)n2O)cc1OC. The van der Waals surface area contributed by atoms with Crippen LogP contribution in [0.15, 0.2) is 52.4 Å². The molecule has 0 atom stereocenters. The molecule has 0 aliphatic heterocycles. The summed E-state index contributed by atoms with van der Waals surface area (Å²) in [6.45, 7) is 0. The molecular formula is C17H16N4O4. The average Bonchev–Trinajstić information content (AvgIpc) is 2.65. The van der Waals surface area contributed by atoms with Crippen molar-refractivity contribution in [2.24, 2.45) is 5.10 Å². The third kappa shape index (κ3) is 3.23. The van der Waals surface area contributed by atoms with Crippen LogP contribution in [0.1, 0.15) is 5.56 Å². The minimum Gasteiger partial charge on any atom is -0.493 e. The fourth-order valence-electron chi connectivity index (χ4n) is 2.29. The van der Waals surface area contributed by atoms with Crippen molar-refractivity contribution >= 4 is 23.1 Å². The van der Waals surface area contributed by atoms with Gasteiger partial charge in [-0.3, -0.25) is 4.79 Å². The summed E-state index contributed by atoms with van der Waals surface area (Å²) < 4.78 is 10.8. The van der Waals surface area contributed by atoms with E-state index in [-0.39, 0.29) is 5.95 Å². The fraction of sp³-hybridized carbons (Fsp3) is 0.118. The van der Waals surface area contributed by atoms with E-state index in [1.807, 2.05) is 0 Å². The van der Waals surface area contributed by atoms with E-state index >= 15 is 0 Å². The van der Waals surface area contributed by atoms with Crippen molar-refractivity contribution < 1.29 is 14.7 Å². The van der Waals surface area contributed by atoms with E-state index in [0.717, 1.165) is 5.56 Å². The van der Waals surface area contributed by atoms with Gasteiger partial charge in [-0.05, 0) is 35.9 Å². The van der Waals surface area contributed by atoms with Gasteiger partial charge in [0, 0.05) is 0 Å². The van der Waals surface area contributed by atoms with Gasteiger partial charge in [0.1, 0.15) is 0 Å². The Morgan fingerprint density at radius 2 is 1.92 bits per heavy atom. The zero-order valence-electron chi connectivity index (χ0n) is 13.6. The molecule has 2 aromatic carbocycles. The molecule has 8 heteroatoms. The number of rotatable bonds is 5.